The Morgan fingerprint density at radius 1 is 0.538 bits per heavy atom. The van der Waals surface area contributed by atoms with Crippen LogP contribution in [0.5, 0.6) is 11.5 Å². The molecule has 0 fully saturated rings. The minimum absolute atomic E-state index is 0.0613. The van der Waals surface area contributed by atoms with E-state index < -0.39 is 0 Å². The fourth-order valence-electron chi connectivity index (χ4n) is 5.08. The van der Waals surface area contributed by atoms with Gasteiger partial charge in [0.15, 0.2) is 0 Å². The van der Waals surface area contributed by atoms with Crippen molar-refractivity contribution in [3.05, 3.63) is 120 Å². The fraction of sp³-hybridized carbons (Fsp3) is 0.257. The molecule has 0 unspecified atom stereocenters. The number of hydrogen-bond donors (Lipinski definition) is 0. The molecule has 5 aromatic carbocycles. The lowest BCUT2D eigenvalue weighted by atomic mass is 9.81. The van der Waals surface area contributed by atoms with Crippen molar-refractivity contribution < 1.29 is 9.47 Å². The van der Waals surface area contributed by atoms with Crippen LogP contribution in [0, 0.1) is 0 Å². The van der Waals surface area contributed by atoms with Gasteiger partial charge in [0.2, 0.25) is 0 Å². The van der Waals surface area contributed by atoms with Crippen molar-refractivity contribution in [1.82, 2.24) is 9.80 Å². The Labute approximate surface area is 232 Å². The average Bonchev–Trinajstić information content (AvgIpc) is 2.94. The molecule has 0 aliphatic carbocycles. The molecule has 4 nitrogen and oxygen atoms in total. The van der Waals surface area contributed by atoms with Crippen LogP contribution in [0.4, 0.5) is 0 Å². The maximum Gasteiger partial charge on any atom is 0.119 e. The lowest BCUT2D eigenvalue weighted by molar-refractivity contribution is 0.261. The third-order valence-electron chi connectivity index (χ3n) is 7.15. The summed E-state index contributed by atoms with van der Waals surface area (Å²) >= 11 is 0. The van der Waals surface area contributed by atoms with Crippen LogP contribution in [-0.2, 0) is 0 Å². The molecule has 0 aromatic heterocycles. The topological polar surface area (TPSA) is 24.9 Å². The van der Waals surface area contributed by atoms with Crippen molar-refractivity contribution in [3.8, 4) is 11.5 Å². The summed E-state index contributed by atoms with van der Waals surface area (Å²) in [6.45, 7) is 3.10. The highest BCUT2D eigenvalue weighted by Crippen LogP contribution is 2.40. The lowest BCUT2D eigenvalue weighted by Crippen LogP contribution is -2.19. The number of fused-ring (bicyclic) bond motifs is 3. The van der Waals surface area contributed by atoms with Gasteiger partial charge in [-0.15, -0.1) is 0 Å². The Hall–Kier alpha value is -3.86. The summed E-state index contributed by atoms with van der Waals surface area (Å²) in [6.07, 6.45) is 0. The minimum atomic E-state index is 0.0613. The molecule has 0 N–H and O–H groups in total. The highest BCUT2D eigenvalue weighted by atomic mass is 16.5. The van der Waals surface area contributed by atoms with E-state index in [1.165, 1.54) is 38.2 Å². The standard InChI is InChI=1S/C35H38N2O2/c1-36(2)21-23-38-29-17-13-26(14-18-29)35(27-15-19-30(20-16-27)39-24-22-37(3)4)34-25-28-9-5-6-10-31(28)32-11-7-8-12-33(32)34/h5-20,25,35H,21-24H2,1-4H3. The van der Waals surface area contributed by atoms with E-state index >= 15 is 0 Å². The summed E-state index contributed by atoms with van der Waals surface area (Å²) in [5.41, 5.74) is 3.76. The van der Waals surface area contributed by atoms with E-state index in [1.54, 1.807) is 0 Å². The maximum absolute atomic E-state index is 6.00. The molecule has 0 saturated carbocycles. The molecular weight excluding hydrogens is 480 g/mol. The summed E-state index contributed by atoms with van der Waals surface area (Å²) in [6, 6.07) is 37.0. The molecule has 39 heavy (non-hydrogen) atoms. The van der Waals surface area contributed by atoms with Crippen molar-refractivity contribution in [2.45, 2.75) is 5.92 Å². The molecule has 0 saturated heterocycles. The van der Waals surface area contributed by atoms with Crippen LogP contribution in [0.1, 0.15) is 22.6 Å². The third-order valence-corrected chi connectivity index (χ3v) is 7.15. The molecule has 0 amide bonds. The largest absolute Gasteiger partial charge is 0.492 e. The van der Waals surface area contributed by atoms with Crippen LogP contribution in [0.2, 0.25) is 0 Å². The molecule has 0 radical (unpaired) electrons. The number of nitrogens with zero attached hydrogens (tertiary/aromatic N) is 2. The Kier molecular flexibility index (Phi) is 8.45. The van der Waals surface area contributed by atoms with Gasteiger partial charge in [-0.1, -0.05) is 72.8 Å². The fourth-order valence-corrected chi connectivity index (χ4v) is 5.08. The van der Waals surface area contributed by atoms with E-state index in [-0.39, 0.29) is 5.92 Å². The van der Waals surface area contributed by atoms with E-state index in [0.717, 1.165) is 24.6 Å². The zero-order chi connectivity index (χ0) is 27.2. The van der Waals surface area contributed by atoms with Gasteiger partial charge in [-0.3, -0.25) is 0 Å². The highest BCUT2D eigenvalue weighted by molar-refractivity contribution is 6.09. The van der Waals surface area contributed by atoms with Crippen LogP contribution in [0.25, 0.3) is 21.5 Å². The van der Waals surface area contributed by atoms with Crippen LogP contribution in [0.15, 0.2) is 103 Å². The van der Waals surface area contributed by atoms with Gasteiger partial charge < -0.3 is 19.3 Å². The second kappa shape index (κ2) is 12.3. The van der Waals surface area contributed by atoms with Crippen molar-refractivity contribution in [2.24, 2.45) is 0 Å². The summed E-state index contributed by atoms with van der Waals surface area (Å²) in [5.74, 6) is 1.85. The number of likely N-dealkylation sites (N-methyl/N-ethyl adjacent to an activating group) is 2. The van der Waals surface area contributed by atoms with Gasteiger partial charge in [0.05, 0.1) is 0 Å². The SMILES string of the molecule is CN(C)CCOc1ccc(C(c2ccc(OCCN(C)C)cc2)c2cc3ccccc3c3ccccc23)cc1. The molecule has 200 valence electrons. The van der Waals surface area contributed by atoms with Gasteiger partial charge in [-0.2, -0.15) is 0 Å². The molecule has 0 atom stereocenters. The second-order valence-corrected chi connectivity index (χ2v) is 10.6. The Morgan fingerprint density at radius 2 is 1.00 bits per heavy atom. The summed E-state index contributed by atoms with van der Waals surface area (Å²) in [4.78, 5) is 4.26. The van der Waals surface area contributed by atoms with Crippen molar-refractivity contribution in [3.63, 3.8) is 0 Å². The molecule has 5 rings (SSSR count). The van der Waals surface area contributed by atoms with Crippen molar-refractivity contribution >= 4 is 21.5 Å². The number of benzene rings is 5. The summed E-state index contributed by atoms with van der Waals surface area (Å²) in [5, 5.41) is 5.09. The Bertz CT molecular complexity index is 1450. The molecule has 0 bridgehead atoms. The first-order valence-corrected chi connectivity index (χ1v) is 13.6. The molecule has 4 heteroatoms. The number of ether oxygens (including phenoxy) is 2. The second-order valence-electron chi connectivity index (χ2n) is 10.6. The van der Waals surface area contributed by atoms with Gasteiger partial charge in [0.25, 0.3) is 0 Å². The molecule has 0 aliphatic rings. The Morgan fingerprint density at radius 3 is 1.51 bits per heavy atom. The predicted octanol–water partition coefficient (Wildman–Crippen LogP) is 7.05. The number of hydrogen-bond acceptors (Lipinski definition) is 4. The predicted molar refractivity (Wildman–Crippen MR) is 163 cm³/mol. The lowest BCUT2D eigenvalue weighted by Gasteiger charge is -2.23. The maximum atomic E-state index is 6.00. The zero-order valence-corrected chi connectivity index (χ0v) is 23.4. The van der Waals surface area contributed by atoms with E-state index in [9.17, 15) is 0 Å². The first kappa shape index (κ1) is 26.7. The monoisotopic (exact) mass is 518 g/mol. The third kappa shape index (κ3) is 6.42. The van der Waals surface area contributed by atoms with Gasteiger partial charge in [0, 0.05) is 19.0 Å². The van der Waals surface area contributed by atoms with Crippen LogP contribution < -0.4 is 9.47 Å². The van der Waals surface area contributed by atoms with Gasteiger partial charge in [-0.05, 0) is 96.8 Å². The zero-order valence-electron chi connectivity index (χ0n) is 23.4. The Balaban J connectivity index is 1.56. The normalized spacial score (nSPS) is 11.7. The van der Waals surface area contributed by atoms with Gasteiger partial charge in [-0.25, -0.2) is 0 Å². The smallest absolute Gasteiger partial charge is 0.119 e. The average molecular weight is 519 g/mol. The number of rotatable bonds is 11. The minimum Gasteiger partial charge on any atom is -0.492 e. The molecule has 0 spiro atoms. The first-order valence-electron chi connectivity index (χ1n) is 13.6. The quantitative estimate of drug-likeness (QED) is 0.138. The molecule has 0 aliphatic heterocycles. The van der Waals surface area contributed by atoms with Gasteiger partial charge >= 0.3 is 0 Å². The van der Waals surface area contributed by atoms with E-state index in [0.29, 0.717) is 13.2 Å². The van der Waals surface area contributed by atoms with Crippen LogP contribution in [-0.4, -0.2) is 64.3 Å². The molecule has 0 heterocycles. The van der Waals surface area contributed by atoms with Crippen molar-refractivity contribution in [2.75, 3.05) is 54.5 Å². The summed E-state index contributed by atoms with van der Waals surface area (Å²) < 4.78 is 12.0. The van der Waals surface area contributed by atoms with Crippen LogP contribution in [0.3, 0.4) is 0 Å². The van der Waals surface area contributed by atoms with E-state index in [4.69, 9.17) is 9.47 Å². The van der Waals surface area contributed by atoms with Crippen molar-refractivity contribution in [1.29, 1.82) is 0 Å². The van der Waals surface area contributed by atoms with Gasteiger partial charge in [0.1, 0.15) is 24.7 Å². The molecular formula is C35H38N2O2. The molecule has 5 aromatic rings. The van der Waals surface area contributed by atoms with E-state index in [2.05, 4.69) is 141 Å². The summed E-state index contributed by atoms with van der Waals surface area (Å²) in [7, 11) is 8.24. The van der Waals surface area contributed by atoms with E-state index in [1.807, 2.05) is 0 Å². The first-order chi connectivity index (χ1) is 19.0. The van der Waals surface area contributed by atoms with Crippen LogP contribution >= 0.6 is 0 Å². The highest BCUT2D eigenvalue weighted by Gasteiger charge is 2.21.